The maximum atomic E-state index is 12.5. The van der Waals surface area contributed by atoms with E-state index in [2.05, 4.69) is 9.69 Å². The number of hydrogen-bond acceptors (Lipinski definition) is 1. The minimum Gasteiger partial charge on any atom is -0.249 e. The van der Waals surface area contributed by atoms with Crippen LogP contribution in [0.4, 0.5) is 11.4 Å². The van der Waals surface area contributed by atoms with Gasteiger partial charge in [0, 0.05) is 9.79 Å². The highest BCUT2D eigenvalue weighted by atomic mass is 32.2. The van der Waals surface area contributed by atoms with Crippen LogP contribution >= 0.6 is 0 Å². The summed E-state index contributed by atoms with van der Waals surface area (Å²) < 4.78 is 12.5. The highest BCUT2D eigenvalue weighted by Crippen LogP contribution is 2.27. The summed E-state index contributed by atoms with van der Waals surface area (Å²) in [5, 5.41) is 0. The lowest BCUT2D eigenvalue weighted by Gasteiger charge is -2.06. The molecule has 0 spiro atoms. The predicted molar refractivity (Wildman–Crippen MR) is 79.6 cm³/mol. The second-order valence-corrected chi connectivity index (χ2v) is 5.87. The van der Waals surface area contributed by atoms with Gasteiger partial charge in [-0.15, -0.1) is 0 Å². The molecule has 20 heavy (non-hydrogen) atoms. The normalized spacial score (nSPS) is 10.1. The first-order valence-corrected chi connectivity index (χ1v) is 7.10. The van der Waals surface area contributed by atoms with Gasteiger partial charge in [0.2, 0.25) is 0 Å². The molecule has 0 saturated carbocycles. The molecule has 0 aromatic heterocycles. The molecule has 0 aliphatic carbocycles. The standard InChI is InChI=1S/C16H12N2OS/c1-11-9-13(5-7-15(11)17-3)20(19)14-6-8-16(18-4)12(2)10-14/h5-10H,1-2H3. The van der Waals surface area contributed by atoms with Crippen molar-refractivity contribution in [3.8, 4) is 0 Å². The molecule has 0 heterocycles. The molecule has 0 radical (unpaired) electrons. The summed E-state index contributed by atoms with van der Waals surface area (Å²) in [6, 6.07) is 10.4. The van der Waals surface area contributed by atoms with Gasteiger partial charge in [-0.3, -0.25) is 0 Å². The number of benzene rings is 2. The fraction of sp³-hybridized carbons (Fsp3) is 0.125. The minimum absolute atomic E-state index is 0.574. The molecule has 2 rings (SSSR count). The Morgan fingerprint density at radius 2 is 1.25 bits per heavy atom. The number of nitrogens with zero attached hydrogens (tertiary/aromatic N) is 2. The van der Waals surface area contributed by atoms with Crippen molar-refractivity contribution >= 4 is 22.2 Å². The van der Waals surface area contributed by atoms with E-state index in [1.165, 1.54) is 0 Å². The van der Waals surface area contributed by atoms with E-state index in [0.717, 1.165) is 11.1 Å². The zero-order valence-electron chi connectivity index (χ0n) is 11.2. The van der Waals surface area contributed by atoms with Gasteiger partial charge in [0.05, 0.1) is 23.9 Å². The maximum Gasteiger partial charge on any atom is 0.190 e. The molecule has 0 saturated heterocycles. The second kappa shape index (κ2) is 5.69. The van der Waals surface area contributed by atoms with E-state index in [-0.39, 0.29) is 0 Å². The third-order valence-corrected chi connectivity index (χ3v) is 4.37. The van der Waals surface area contributed by atoms with Gasteiger partial charge in [-0.2, -0.15) is 0 Å². The van der Waals surface area contributed by atoms with Crippen LogP contribution < -0.4 is 0 Å². The van der Waals surface area contributed by atoms with Crippen LogP contribution in [0.25, 0.3) is 9.69 Å². The van der Waals surface area contributed by atoms with Gasteiger partial charge in [0.15, 0.2) is 11.4 Å². The van der Waals surface area contributed by atoms with Crippen molar-refractivity contribution in [1.29, 1.82) is 0 Å². The molecule has 3 nitrogen and oxygen atoms in total. The molecule has 0 fully saturated rings. The van der Waals surface area contributed by atoms with Gasteiger partial charge in [0.1, 0.15) is 0 Å². The van der Waals surface area contributed by atoms with Crippen LogP contribution in [0.3, 0.4) is 0 Å². The van der Waals surface area contributed by atoms with Crippen LogP contribution in [0.15, 0.2) is 46.2 Å². The van der Waals surface area contributed by atoms with E-state index in [0.29, 0.717) is 21.2 Å². The molecule has 0 unspecified atom stereocenters. The summed E-state index contributed by atoms with van der Waals surface area (Å²) >= 11 is 0. The van der Waals surface area contributed by atoms with Crippen LogP contribution in [-0.2, 0) is 10.8 Å². The third-order valence-electron chi connectivity index (χ3n) is 3.01. The average Bonchev–Trinajstić information content (AvgIpc) is 2.46. The van der Waals surface area contributed by atoms with Crippen molar-refractivity contribution in [3.05, 3.63) is 70.4 Å². The third kappa shape index (κ3) is 2.61. The molecule has 0 bridgehead atoms. The van der Waals surface area contributed by atoms with Crippen LogP contribution in [0.5, 0.6) is 0 Å². The van der Waals surface area contributed by atoms with Crippen molar-refractivity contribution in [1.82, 2.24) is 0 Å². The van der Waals surface area contributed by atoms with Crippen molar-refractivity contribution in [2.75, 3.05) is 0 Å². The van der Waals surface area contributed by atoms with Crippen molar-refractivity contribution in [3.63, 3.8) is 0 Å². The molecule has 0 atom stereocenters. The number of aryl methyl sites for hydroxylation is 2. The van der Waals surface area contributed by atoms with Gasteiger partial charge in [-0.25, -0.2) is 13.9 Å². The SMILES string of the molecule is [C-]#[N+]c1ccc(S(=O)c2ccc([N+]#[C-])c(C)c2)cc1C. The molecule has 0 N–H and O–H groups in total. The summed E-state index contributed by atoms with van der Waals surface area (Å²) in [6.07, 6.45) is 0. The van der Waals surface area contributed by atoms with Gasteiger partial charge in [0.25, 0.3) is 0 Å². The van der Waals surface area contributed by atoms with Gasteiger partial charge < -0.3 is 0 Å². The summed E-state index contributed by atoms with van der Waals surface area (Å²) in [7, 11) is -1.29. The van der Waals surface area contributed by atoms with E-state index in [9.17, 15) is 4.21 Å². The van der Waals surface area contributed by atoms with Gasteiger partial charge in [-0.1, -0.05) is 36.4 Å². The van der Waals surface area contributed by atoms with E-state index >= 15 is 0 Å². The van der Waals surface area contributed by atoms with Crippen molar-refractivity contribution in [2.24, 2.45) is 0 Å². The lowest BCUT2D eigenvalue weighted by atomic mass is 10.2. The molecule has 0 amide bonds. The van der Waals surface area contributed by atoms with Crippen LogP contribution in [0.1, 0.15) is 11.1 Å². The van der Waals surface area contributed by atoms with Crippen molar-refractivity contribution in [2.45, 2.75) is 23.6 Å². The van der Waals surface area contributed by atoms with Gasteiger partial charge >= 0.3 is 0 Å². The Bertz CT molecular complexity index is 717. The monoisotopic (exact) mass is 280 g/mol. The lowest BCUT2D eigenvalue weighted by molar-refractivity contribution is 0.683. The van der Waals surface area contributed by atoms with Crippen LogP contribution in [-0.4, -0.2) is 4.21 Å². The Labute approximate surface area is 121 Å². The Balaban J connectivity index is 2.42. The Morgan fingerprint density at radius 1 is 0.850 bits per heavy atom. The molecule has 0 aliphatic rings. The lowest BCUT2D eigenvalue weighted by Crippen LogP contribution is -1.94. The molecule has 2 aromatic carbocycles. The molecule has 2 aromatic rings. The zero-order valence-corrected chi connectivity index (χ0v) is 12.0. The summed E-state index contributed by atoms with van der Waals surface area (Å²) in [5.41, 5.74) is 2.79. The fourth-order valence-electron chi connectivity index (χ4n) is 1.87. The molecule has 4 heteroatoms. The Morgan fingerprint density at radius 3 is 1.55 bits per heavy atom. The first-order chi connectivity index (χ1) is 9.56. The second-order valence-electron chi connectivity index (χ2n) is 4.39. The largest absolute Gasteiger partial charge is 0.249 e. The highest BCUT2D eigenvalue weighted by molar-refractivity contribution is 7.85. The minimum atomic E-state index is -1.29. The summed E-state index contributed by atoms with van der Waals surface area (Å²) in [6.45, 7) is 17.7. The molecular formula is C16H12N2OS. The van der Waals surface area contributed by atoms with E-state index in [1.54, 1.807) is 36.4 Å². The Kier molecular flexibility index (Phi) is 3.98. The van der Waals surface area contributed by atoms with E-state index in [4.69, 9.17) is 13.1 Å². The average molecular weight is 280 g/mol. The molecule has 0 aliphatic heterocycles. The van der Waals surface area contributed by atoms with Crippen LogP contribution in [0.2, 0.25) is 0 Å². The Hall–Kier alpha value is -2.43. The number of rotatable bonds is 2. The first kappa shape index (κ1) is 14.0. The first-order valence-electron chi connectivity index (χ1n) is 5.95. The summed E-state index contributed by atoms with van der Waals surface area (Å²) in [4.78, 5) is 8.14. The number of hydrogen-bond donors (Lipinski definition) is 0. The van der Waals surface area contributed by atoms with Gasteiger partial charge in [-0.05, 0) is 25.0 Å². The maximum absolute atomic E-state index is 12.5. The smallest absolute Gasteiger partial charge is 0.190 e. The van der Waals surface area contributed by atoms with E-state index in [1.807, 2.05) is 13.8 Å². The molecule has 98 valence electrons. The van der Waals surface area contributed by atoms with Crippen LogP contribution in [0, 0.1) is 27.0 Å². The van der Waals surface area contributed by atoms with Crippen molar-refractivity contribution < 1.29 is 4.21 Å². The quantitative estimate of drug-likeness (QED) is 0.740. The fourth-order valence-corrected chi connectivity index (χ4v) is 3.10. The molecular weight excluding hydrogens is 268 g/mol. The van der Waals surface area contributed by atoms with E-state index < -0.39 is 10.8 Å². The predicted octanol–water partition coefficient (Wildman–Crippen LogP) is 4.57. The topological polar surface area (TPSA) is 25.8 Å². The summed E-state index contributed by atoms with van der Waals surface area (Å²) in [5.74, 6) is 0. The highest BCUT2D eigenvalue weighted by Gasteiger charge is 2.10. The zero-order chi connectivity index (χ0) is 14.7.